The van der Waals surface area contributed by atoms with E-state index in [1.165, 1.54) is 94.8 Å². The molecule has 2 heterocycles. The van der Waals surface area contributed by atoms with Crippen molar-refractivity contribution >= 4 is 44.9 Å². The molecule has 0 saturated heterocycles. The van der Waals surface area contributed by atoms with Gasteiger partial charge < -0.3 is 9.80 Å². The number of hydrogen-bond acceptors (Lipinski definition) is 2. The van der Waals surface area contributed by atoms with Crippen LogP contribution in [0.4, 0.5) is 34.1 Å². The zero-order valence-corrected chi connectivity index (χ0v) is 33.6. The summed E-state index contributed by atoms with van der Waals surface area (Å²) in [7, 11) is 0. The van der Waals surface area contributed by atoms with Crippen LogP contribution < -0.4 is 9.80 Å². The van der Waals surface area contributed by atoms with Gasteiger partial charge in [-0.05, 0) is 116 Å². The van der Waals surface area contributed by atoms with Crippen molar-refractivity contribution in [3.05, 3.63) is 203 Å². The molecule has 3 aliphatic rings. The smallest absolute Gasteiger partial charge is 0.0543 e. The summed E-state index contributed by atoms with van der Waals surface area (Å²) in [5.74, 6) is 0. The van der Waals surface area contributed by atoms with Gasteiger partial charge in [0.25, 0.3) is 0 Å². The number of hydrogen-bond donors (Lipinski definition) is 0. The van der Waals surface area contributed by atoms with E-state index in [2.05, 4.69) is 221 Å². The van der Waals surface area contributed by atoms with Crippen molar-refractivity contribution in [2.75, 3.05) is 9.80 Å². The first kappa shape index (κ1) is 33.9. The van der Waals surface area contributed by atoms with E-state index in [1.54, 1.807) is 0 Å². The summed E-state index contributed by atoms with van der Waals surface area (Å²) in [5.41, 5.74) is 20.4. The minimum absolute atomic E-state index is 0.0860. The summed E-state index contributed by atoms with van der Waals surface area (Å²) in [5, 5.41) is 2.48. The van der Waals surface area contributed by atoms with Crippen molar-refractivity contribution < 1.29 is 0 Å². The van der Waals surface area contributed by atoms with E-state index >= 15 is 0 Å². The molecule has 0 N–H and O–H groups in total. The molecule has 0 aromatic heterocycles. The molecule has 0 amide bonds. The zero-order chi connectivity index (χ0) is 38.8. The molecule has 0 saturated carbocycles. The Bertz CT molecular complexity index is 2940. The van der Waals surface area contributed by atoms with Crippen molar-refractivity contribution in [3.63, 3.8) is 0 Å². The first-order valence-corrected chi connectivity index (χ1v) is 20.4. The van der Waals surface area contributed by atoms with Crippen LogP contribution in [0.2, 0.25) is 0 Å². The van der Waals surface area contributed by atoms with Gasteiger partial charge in [0.2, 0.25) is 0 Å². The lowest BCUT2D eigenvalue weighted by molar-refractivity contribution is 0.597. The van der Waals surface area contributed by atoms with Gasteiger partial charge in [-0.3, -0.25) is 0 Å². The Hall–Kier alpha value is -6.38. The first-order chi connectivity index (χ1) is 27.5. The van der Waals surface area contributed by atoms with Gasteiger partial charge in [-0.1, -0.05) is 157 Å². The van der Waals surface area contributed by atoms with E-state index in [0.717, 1.165) is 5.69 Å². The van der Waals surface area contributed by atoms with E-state index in [1.807, 2.05) is 0 Å². The summed E-state index contributed by atoms with van der Waals surface area (Å²) < 4.78 is 0. The van der Waals surface area contributed by atoms with E-state index in [0.29, 0.717) is 0 Å². The third-order valence-electron chi connectivity index (χ3n) is 13.6. The summed E-state index contributed by atoms with van der Waals surface area (Å²) >= 11 is 0. The van der Waals surface area contributed by atoms with Crippen LogP contribution in [-0.2, 0) is 16.2 Å². The Morgan fingerprint density at radius 2 is 0.930 bits per heavy atom. The quantitative estimate of drug-likeness (QED) is 0.178. The molecule has 1 aliphatic carbocycles. The number of benzene rings is 8. The van der Waals surface area contributed by atoms with Gasteiger partial charge in [0, 0.05) is 33.0 Å². The molecule has 11 rings (SSSR count). The topological polar surface area (TPSA) is 6.48 Å². The zero-order valence-electron chi connectivity index (χ0n) is 33.6. The lowest BCUT2D eigenvalue weighted by atomic mass is 9.66. The molecule has 0 atom stereocenters. The van der Waals surface area contributed by atoms with Crippen molar-refractivity contribution in [3.8, 4) is 22.3 Å². The lowest BCUT2D eigenvalue weighted by Gasteiger charge is -2.49. The van der Waals surface area contributed by atoms with Crippen LogP contribution in [-0.4, -0.2) is 0 Å². The highest BCUT2D eigenvalue weighted by molar-refractivity contribution is 6.00. The molecule has 276 valence electrons. The second-order valence-corrected chi connectivity index (χ2v) is 17.8. The van der Waals surface area contributed by atoms with E-state index in [9.17, 15) is 0 Å². The molecule has 8 aromatic rings. The monoisotopic (exact) mass is 734 g/mol. The molecule has 8 aromatic carbocycles. The fourth-order valence-corrected chi connectivity index (χ4v) is 10.5. The molecular weight excluding hydrogens is 689 g/mol. The summed E-state index contributed by atoms with van der Waals surface area (Å²) in [6.07, 6.45) is 0. The molecule has 2 aliphatic heterocycles. The molecule has 0 radical (unpaired) electrons. The van der Waals surface area contributed by atoms with E-state index < -0.39 is 0 Å². The number of fused-ring (bicyclic) bond motifs is 8. The van der Waals surface area contributed by atoms with Crippen molar-refractivity contribution in [1.29, 1.82) is 0 Å². The number of para-hydroxylation sites is 3. The van der Waals surface area contributed by atoms with E-state index in [-0.39, 0.29) is 16.2 Å². The number of anilines is 6. The maximum atomic E-state index is 2.55. The van der Waals surface area contributed by atoms with E-state index in [4.69, 9.17) is 0 Å². The van der Waals surface area contributed by atoms with Crippen molar-refractivity contribution in [2.24, 2.45) is 0 Å². The predicted octanol–water partition coefficient (Wildman–Crippen LogP) is 15.0. The maximum absolute atomic E-state index is 2.55. The standard InChI is InChI=1S/C55H46N2/c1-53(2)43-21-12-13-24-50(43)57-51-31-27-37(33-48(51)54(3,4)45-23-15-22-44(53)52(45)57)36-26-29-41-42-30-28-39(34-47(42)55(5,6)46(41)32-36)56(38-18-8-7-9-19-38)49-25-14-17-35-16-10-11-20-40(35)49/h7-34H,1-6H3. The Morgan fingerprint density at radius 1 is 0.386 bits per heavy atom. The largest absolute Gasteiger partial charge is 0.310 e. The van der Waals surface area contributed by atoms with Crippen LogP contribution in [0.1, 0.15) is 74.9 Å². The van der Waals surface area contributed by atoms with Crippen molar-refractivity contribution in [2.45, 2.75) is 57.8 Å². The van der Waals surface area contributed by atoms with Crippen LogP contribution in [0.15, 0.2) is 170 Å². The number of nitrogens with zero attached hydrogens (tertiary/aromatic N) is 2. The lowest BCUT2D eigenvalue weighted by Crippen LogP contribution is -2.38. The minimum atomic E-state index is -0.190. The molecule has 0 unspecified atom stereocenters. The van der Waals surface area contributed by atoms with Gasteiger partial charge in [0.1, 0.15) is 0 Å². The Kier molecular flexibility index (Phi) is 7.03. The number of rotatable bonds is 4. The van der Waals surface area contributed by atoms with Crippen LogP contribution in [0, 0.1) is 0 Å². The minimum Gasteiger partial charge on any atom is -0.310 e. The van der Waals surface area contributed by atoms with Gasteiger partial charge in [-0.25, -0.2) is 0 Å². The van der Waals surface area contributed by atoms with Gasteiger partial charge in [0.05, 0.1) is 22.7 Å². The average Bonchev–Trinajstić information content (AvgIpc) is 3.46. The van der Waals surface area contributed by atoms with Gasteiger partial charge >= 0.3 is 0 Å². The van der Waals surface area contributed by atoms with Crippen LogP contribution in [0.25, 0.3) is 33.0 Å². The second-order valence-electron chi connectivity index (χ2n) is 17.8. The van der Waals surface area contributed by atoms with Crippen LogP contribution >= 0.6 is 0 Å². The average molecular weight is 735 g/mol. The summed E-state index contributed by atoms with van der Waals surface area (Å²) in [6, 6.07) is 63.5. The Balaban J connectivity index is 1.01. The second kappa shape index (κ2) is 11.8. The molecule has 2 nitrogen and oxygen atoms in total. The van der Waals surface area contributed by atoms with Gasteiger partial charge in [0.15, 0.2) is 0 Å². The predicted molar refractivity (Wildman–Crippen MR) is 241 cm³/mol. The fraction of sp³-hybridized carbons (Fsp3) is 0.164. The third kappa shape index (κ3) is 4.71. The highest BCUT2D eigenvalue weighted by Crippen LogP contribution is 2.60. The molecule has 57 heavy (non-hydrogen) atoms. The SMILES string of the molecule is CC1(C)c2cc(-c3ccc4c(c3)C(C)(C)c3cccc5c3N4c3ccccc3C5(C)C)ccc2-c2ccc(N(c3ccccc3)c3cccc4ccccc34)cc21. The Labute approximate surface area is 336 Å². The molecule has 0 fully saturated rings. The molecule has 2 heteroatoms. The highest BCUT2D eigenvalue weighted by Gasteiger charge is 2.45. The molecular formula is C55H46N2. The van der Waals surface area contributed by atoms with Gasteiger partial charge in [-0.2, -0.15) is 0 Å². The van der Waals surface area contributed by atoms with Gasteiger partial charge in [-0.15, -0.1) is 0 Å². The van der Waals surface area contributed by atoms with Crippen LogP contribution in [0.3, 0.4) is 0 Å². The van der Waals surface area contributed by atoms with Crippen molar-refractivity contribution in [1.82, 2.24) is 0 Å². The summed E-state index contributed by atoms with van der Waals surface area (Å²) in [4.78, 5) is 4.97. The molecule has 0 spiro atoms. The maximum Gasteiger partial charge on any atom is 0.0543 e. The third-order valence-corrected chi connectivity index (χ3v) is 13.6. The molecule has 0 bridgehead atoms. The normalized spacial score (nSPS) is 15.9. The van der Waals surface area contributed by atoms with Crippen LogP contribution in [0.5, 0.6) is 0 Å². The Morgan fingerprint density at radius 3 is 1.72 bits per heavy atom. The first-order valence-electron chi connectivity index (χ1n) is 20.4. The highest BCUT2D eigenvalue weighted by atomic mass is 15.2. The fourth-order valence-electron chi connectivity index (χ4n) is 10.5. The summed E-state index contributed by atoms with van der Waals surface area (Å²) in [6.45, 7) is 14.4.